The molecule has 0 aromatic heterocycles. The molecule has 0 bridgehead atoms. The number of nitrogens with zero attached hydrogens (tertiary/aromatic N) is 2. The Morgan fingerprint density at radius 2 is 1.78 bits per heavy atom. The quantitative estimate of drug-likeness (QED) is 0.805. The van der Waals surface area contributed by atoms with Crippen molar-refractivity contribution in [1.29, 1.82) is 0 Å². The predicted molar refractivity (Wildman–Crippen MR) is 74.0 cm³/mol. The van der Waals surface area contributed by atoms with Crippen molar-refractivity contribution in [2.45, 2.75) is 31.7 Å². The largest absolute Gasteiger partial charge is 0.340 e. The van der Waals surface area contributed by atoms with E-state index in [0.717, 1.165) is 58.2 Å². The Balaban J connectivity index is 0.00000120. The lowest BCUT2D eigenvalue weighted by atomic mass is 9.84. The number of halogens is 1. The van der Waals surface area contributed by atoms with E-state index in [4.69, 9.17) is 0 Å². The maximum Gasteiger partial charge on any atom is 0.225 e. The Hall–Kier alpha value is -0.320. The molecule has 5 heteroatoms. The first-order valence-electron chi connectivity index (χ1n) is 7.08. The molecule has 1 unspecified atom stereocenters. The van der Waals surface area contributed by atoms with E-state index in [1.807, 2.05) is 0 Å². The number of hydrogen-bond acceptors (Lipinski definition) is 3. The molecule has 4 nitrogen and oxygen atoms in total. The highest BCUT2D eigenvalue weighted by Crippen LogP contribution is 2.28. The molecule has 18 heavy (non-hydrogen) atoms. The lowest BCUT2D eigenvalue weighted by Gasteiger charge is -2.40. The highest BCUT2D eigenvalue weighted by Gasteiger charge is 2.32. The highest BCUT2D eigenvalue weighted by molar-refractivity contribution is 5.85. The fourth-order valence-corrected chi connectivity index (χ4v) is 3.17. The Kier molecular flexibility index (Phi) is 4.87. The second-order valence-electron chi connectivity index (χ2n) is 5.64. The van der Waals surface area contributed by atoms with Crippen LogP contribution in [0.1, 0.15) is 25.7 Å². The second-order valence-corrected chi connectivity index (χ2v) is 5.64. The van der Waals surface area contributed by atoms with E-state index in [1.54, 1.807) is 0 Å². The van der Waals surface area contributed by atoms with E-state index in [2.05, 4.69) is 15.1 Å². The first-order chi connectivity index (χ1) is 8.34. The average molecular weight is 274 g/mol. The van der Waals surface area contributed by atoms with Crippen molar-refractivity contribution in [3.8, 4) is 0 Å². The van der Waals surface area contributed by atoms with Crippen LogP contribution in [0.4, 0.5) is 0 Å². The molecular formula is C13H24ClN3O. The standard InChI is InChI=1S/C13H23N3O.ClH/c17-13(11-2-1-3-11)16-8-6-15(7-9-16)12-4-5-14-10-12;/h11-12,14H,1-10H2;1H. The minimum absolute atomic E-state index is 0. The summed E-state index contributed by atoms with van der Waals surface area (Å²) in [5, 5.41) is 3.42. The first-order valence-corrected chi connectivity index (χ1v) is 7.08. The number of carbonyl (C=O) groups is 1. The summed E-state index contributed by atoms with van der Waals surface area (Å²) in [5.41, 5.74) is 0. The molecule has 0 radical (unpaired) electrons. The zero-order valence-corrected chi connectivity index (χ0v) is 11.8. The summed E-state index contributed by atoms with van der Waals surface area (Å²) < 4.78 is 0. The molecule has 1 saturated carbocycles. The van der Waals surface area contributed by atoms with Gasteiger partial charge in [-0.25, -0.2) is 0 Å². The Morgan fingerprint density at radius 1 is 1.06 bits per heavy atom. The summed E-state index contributed by atoms with van der Waals surface area (Å²) in [6.45, 7) is 6.34. The molecule has 0 aromatic carbocycles. The number of amides is 1. The third-order valence-corrected chi connectivity index (χ3v) is 4.63. The van der Waals surface area contributed by atoms with Gasteiger partial charge < -0.3 is 10.2 Å². The fourth-order valence-electron chi connectivity index (χ4n) is 3.17. The third kappa shape index (κ3) is 2.81. The van der Waals surface area contributed by atoms with Crippen LogP contribution in [0.3, 0.4) is 0 Å². The molecule has 0 spiro atoms. The molecule has 1 N–H and O–H groups in total. The van der Waals surface area contributed by atoms with Gasteiger partial charge in [-0.15, -0.1) is 12.4 Å². The van der Waals surface area contributed by atoms with Gasteiger partial charge in [-0.3, -0.25) is 9.69 Å². The lowest BCUT2D eigenvalue weighted by Crippen LogP contribution is -2.54. The van der Waals surface area contributed by atoms with Crippen molar-refractivity contribution in [3.05, 3.63) is 0 Å². The lowest BCUT2D eigenvalue weighted by molar-refractivity contribution is -0.140. The number of piperazine rings is 1. The molecule has 3 aliphatic rings. The number of rotatable bonds is 2. The van der Waals surface area contributed by atoms with Gasteiger partial charge in [0, 0.05) is 44.7 Å². The van der Waals surface area contributed by atoms with Crippen molar-refractivity contribution in [3.63, 3.8) is 0 Å². The minimum Gasteiger partial charge on any atom is -0.340 e. The molecule has 2 aliphatic heterocycles. The molecule has 3 fully saturated rings. The van der Waals surface area contributed by atoms with Crippen LogP contribution >= 0.6 is 12.4 Å². The van der Waals surface area contributed by atoms with Crippen LogP contribution in [0.2, 0.25) is 0 Å². The van der Waals surface area contributed by atoms with E-state index in [-0.39, 0.29) is 12.4 Å². The van der Waals surface area contributed by atoms with Crippen LogP contribution in [-0.2, 0) is 4.79 Å². The highest BCUT2D eigenvalue weighted by atomic mass is 35.5. The molecule has 1 aliphatic carbocycles. The van der Waals surface area contributed by atoms with Crippen LogP contribution < -0.4 is 5.32 Å². The summed E-state index contributed by atoms with van der Waals surface area (Å²) in [7, 11) is 0. The molecule has 1 amide bonds. The molecule has 2 saturated heterocycles. The monoisotopic (exact) mass is 273 g/mol. The van der Waals surface area contributed by atoms with E-state index in [9.17, 15) is 4.79 Å². The van der Waals surface area contributed by atoms with Crippen LogP contribution in [0.25, 0.3) is 0 Å². The molecule has 1 atom stereocenters. The Bertz CT molecular complexity index is 282. The van der Waals surface area contributed by atoms with Crippen LogP contribution in [0, 0.1) is 5.92 Å². The molecule has 2 heterocycles. The van der Waals surface area contributed by atoms with Gasteiger partial charge in [0.1, 0.15) is 0 Å². The van der Waals surface area contributed by atoms with Crippen LogP contribution in [0.5, 0.6) is 0 Å². The van der Waals surface area contributed by atoms with Crippen LogP contribution in [0.15, 0.2) is 0 Å². The zero-order chi connectivity index (χ0) is 11.7. The van der Waals surface area contributed by atoms with Gasteiger partial charge in [0.05, 0.1) is 0 Å². The van der Waals surface area contributed by atoms with Gasteiger partial charge in [-0.05, 0) is 25.8 Å². The molecular weight excluding hydrogens is 250 g/mol. The maximum absolute atomic E-state index is 12.1. The summed E-state index contributed by atoms with van der Waals surface area (Å²) in [4.78, 5) is 16.8. The molecule has 0 aromatic rings. The van der Waals surface area contributed by atoms with Crippen molar-refractivity contribution in [2.24, 2.45) is 5.92 Å². The normalized spacial score (nSPS) is 29.8. The smallest absolute Gasteiger partial charge is 0.225 e. The van der Waals surface area contributed by atoms with E-state index in [0.29, 0.717) is 11.8 Å². The summed E-state index contributed by atoms with van der Waals surface area (Å²) in [6.07, 6.45) is 4.79. The van der Waals surface area contributed by atoms with Gasteiger partial charge in [0.25, 0.3) is 0 Å². The van der Waals surface area contributed by atoms with Gasteiger partial charge in [0.15, 0.2) is 0 Å². The fraction of sp³-hybridized carbons (Fsp3) is 0.923. The molecule has 104 valence electrons. The van der Waals surface area contributed by atoms with Crippen molar-refractivity contribution >= 4 is 18.3 Å². The Morgan fingerprint density at radius 3 is 2.28 bits per heavy atom. The summed E-state index contributed by atoms with van der Waals surface area (Å²) in [6, 6.07) is 0.718. The topological polar surface area (TPSA) is 35.6 Å². The molecule has 3 rings (SSSR count). The summed E-state index contributed by atoms with van der Waals surface area (Å²) >= 11 is 0. The van der Waals surface area contributed by atoms with E-state index in [1.165, 1.54) is 12.8 Å². The first kappa shape index (κ1) is 14.1. The van der Waals surface area contributed by atoms with Crippen molar-refractivity contribution < 1.29 is 4.79 Å². The Labute approximate surface area is 115 Å². The van der Waals surface area contributed by atoms with Crippen LogP contribution in [-0.4, -0.2) is 61.0 Å². The number of nitrogens with one attached hydrogen (secondary N) is 1. The zero-order valence-electron chi connectivity index (χ0n) is 10.9. The van der Waals surface area contributed by atoms with Crippen molar-refractivity contribution in [2.75, 3.05) is 39.3 Å². The van der Waals surface area contributed by atoms with E-state index >= 15 is 0 Å². The number of hydrogen-bond donors (Lipinski definition) is 1. The van der Waals surface area contributed by atoms with Gasteiger partial charge >= 0.3 is 0 Å². The summed E-state index contributed by atoms with van der Waals surface area (Å²) in [5.74, 6) is 0.801. The van der Waals surface area contributed by atoms with E-state index < -0.39 is 0 Å². The average Bonchev–Trinajstić information content (AvgIpc) is 2.80. The van der Waals surface area contributed by atoms with Gasteiger partial charge in [0.2, 0.25) is 5.91 Å². The van der Waals surface area contributed by atoms with Crippen molar-refractivity contribution in [1.82, 2.24) is 15.1 Å². The number of carbonyl (C=O) groups excluding carboxylic acids is 1. The second kappa shape index (κ2) is 6.22. The predicted octanol–water partition coefficient (Wildman–Crippen LogP) is 0.714. The third-order valence-electron chi connectivity index (χ3n) is 4.63. The van der Waals surface area contributed by atoms with Gasteiger partial charge in [-0.2, -0.15) is 0 Å². The van der Waals surface area contributed by atoms with Gasteiger partial charge in [-0.1, -0.05) is 6.42 Å². The minimum atomic E-state index is 0. The maximum atomic E-state index is 12.1. The SMILES string of the molecule is Cl.O=C(C1CCC1)N1CCN(C2CCNC2)CC1.